The number of carbonyl (C=O) groups is 2. The standard InChI is InChI=1S/C27H32F2N8O4/c1-16(25(39)32-23-12-31-24(13-30-23)41-22-5-4-18(28)11-19(22)29)35-8-9-36(27(2,3)15-35)26(40)17-6-7-37-21(10-17)20(14-38)33-34-37/h4-5,11-13,16-17,38H,6-10,14-15H2,1-3H3,(H,30,32,39)/t16-,17?/m0/s1. The van der Waals surface area contributed by atoms with Crippen LogP contribution in [0.5, 0.6) is 11.6 Å². The van der Waals surface area contributed by atoms with Crippen LogP contribution in [0.4, 0.5) is 14.6 Å². The number of halogens is 2. The van der Waals surface area contributed by atoms with Crippen molar-refractivity contribution in [2.75, 3.05) is 25.0 Å². The van der Waals surface area contributed by atoms with E-state index in [0.717, 1.165) is 17.8 Å². The molecule has 4 heterocycles. The van der Waals surface area contributed by atoms with E-state index in [2.05, 4.69) is 25.6 Å². The number of anilines is 1. The smallest absolute Gasteiger partial charge is 0.242 e. The Morgan fingerprint density at radius 1 is 1.20 bits per heavy atom. The molecule has 2 atom stereocenters. The molecule has 218 valence electrons. The lowest BCUT2D eigenvalue weighted by Crippen LogP contribution is -2.64. The monoisotopic (exact) mass is 570 g/mol. The number of hydrogen-bond donors (Lipinski definition) is 2. The van der Waals surface area contributed by atoms with Gasteiger partial charge in [0.15, 0.2) is 17.4 Å². The Bertz CT molecular complexity index is 1420. The van der Waals surface area contributed by atoms with Gasteiger partial charge in [0.25, 0.3) is 0 Å². The highest BCUT2D eigenvalue weighted by atomic mass is 19.1. The number of amides is 2. The van der Waals surface area contributed by atoms with Crippen LogP contribution in [-0.2, 0) is 29.2 Å². The maximum absolute atomic E-state index is 13.8. The number of aromatic nitrogens is 5. The Morgan fingerprint density at radius 3 is 2.68 bits per heavy atom. The predicted octanol–water partition coefficient (Wildman–Crippen LogP) is 2.14. The number of aryl methyl sites for hydroxylation is 1. The van der Waals surface area contributed by atoms with Crippen LogP contribution in [0.25, 0.3) is 0 Å². The number of aliphatic hydroxyl groups excluding tert-OH is 1. The lowest BCUT2D eigenvalue weighted by molar-refractivity contribution is -0.147. The Balaban J connectivity index is 1.16. The first-order valence-electron chi connectivity index (χ1n) is 13.4. The SMILES string of the molecule is C[C@@H](C(=O)Nc1cnc(Oc2ccc(F)cc2F)cn1)N1CCN(C(=O)C2CCn3nnc(CO)c3C2)C(C)(C)C1. The second-order valence-corrected chi connectivity index (χ2v) is 10.9. The highest BCUT2D eigenvalue weighted by Crippen LogP contribution is 2.30. The van der Waals surface area contributed by atoms with E-state index in [1.807, 2.05) is 23.6 Å². The molecule has 0 spiro atoms. The molecule has 0 bridgehead atoms. The van der Waals surface area contributed by atoms with Crippen LogP contribution in [0.15, 0.2) is 30.6 Å². The minimum absolute atomic E-state index is 0.0182. The van der Waals surface area contributed by atoms with Gasteiger partial charge in [0.2, 0.25) is 17.7 Å². The zero-order chi connectivity index (χ0) is 29.3. The van der Waals surface area contributed by atoms with Gasteiger partial charge in [-0.1, -0.05) is 5.21 Å². The summed E-state index contributed by atoms with van der Waals surface area (Å²) >= 11 is 0. The number of rotatable bonds is 7. The molecule has 0 aliphatic carbocycles. The Morgan fingerprint density at radius 2 is 2.00 bits per heavy atom. The molecule has 2 amide bonds. The van der Waals surface area contributed by atoms with Crippen LogP contribution in [-0.4, -0.2) is 82.9 Å². The van der Waals surface area contributed by atoms with Crippen molar-refractivity contribution in [1.29, 1.82) is 0 Å². The van der Waals surface area contributed by atoms with E-state index >= 15 is 0 Å². The lowest BCUT2D eigenvalue weighted by atomic mass is 9.89. The molecule has 3 aromatic rings. The van der Waals surface area contributed by atoms with E-state index in [0.29, 0.717) is 50.8 Å². The summed E-state index contributed by atoms with van der Waals surface area (Å²) in [7, 11) is 0. The summed E-state index contributed by atoms with van der Waals surface area (Å²) in [4.78, 5) is 38.7. The van der Waals surface area contributed by atoms with Gasteiger partial charge in [-0.25, -0.2) is 23.4 Å². The van der Waals surface area contributed by atoms with Crippen LogP contribution in [0.3, 0.4) is 0 Å². The molecule has 2 aliphatic heterocycles. The third-order valence-corrected chi connectivity index (χ3v) is 7.66. The Kier molecular flexibility index (Phi) is 7.95. The third kappa shape index (κ3) is 6.03. The molecule has 5 rings (SSSR count). The number of aliphatic hydroxyl groups is 1. The molecule has 1 fully saturated rings. The average Bonchev–Trinajstić information content (AvgIpc) is 3.36. The molecule has 1 aromatic carbocycles. The second kappa shape index (κ2) is 11.4. The number of carbonyl (C=O) groups excluding carboxylic acids is 2. The van der Waals surface area contributed by atoms with Crippen molar-refractivity contribution in [2.24, 2.45) is 5.92 Å². The number of hydrogen-bond acceptors (Lipinski definition) is 9. The van der Waals surface area contributed by atoms with Gasteiger partial charge in [-0.2, -0.15) is 0 Å². The fourth-order valence-electron chi connectivity index (χ4n) is 5.37. The fraction of sp³-hybridized carbons (Fsp3) is 0.481. The Labute approximate surface area is 235 Å². The third-order valence-electron chi connectivity index (χ3n) is 7.66. The van der Waals surface area contributed by atoms with E-state index in [9.17, 15) is 23.5 Å². The molecular formula is C27H32F2N8O4. The number of benzene rings is 1. The van der Waals surface area contributed by atoms with E-state index in [1.165, 1.54) is 12.4 Å². The van der Waals surface area contributed by atoms with Crippen LogP contribution in [0.1, 0.15) is 38.6 Å². The van der Waals surface area contributed by atoms with Crippen molar-refractivity contribution >= 4 is 17.6 Å². The highest BCUT2D eigenvalue weighted by molar-refractivity contribution is 5.93. The first-order chi connectivity index (χ1) is 19.6. The van der Waals surface area contributed by atoms with Crippen molar-refractivity contribution in [1.82, 2.24) is 34.8 Å². The maximum Gasteiger partial charge on any atom is 0.242 e. The fourth-order valence-corrected chi connectivity index (χ4v) is 5.37. The number of piperazine rings is 1. The minimum Gasteiger partial charge on any atom is -0.434 e. The molecule has 41 heavy (non-hydrogen) atoms. The first-order valence-corrected chi connectivity index (χ1v) is 13.4. The van der Waals surface area contributed by atoms with Crippen molar-refractivity contribution in [3.05, 3.63) is 53.6 Å². The average molecular weight is 571 g/mol. The van der Waals surface area contributed by atoms with E-state index in [-0.39, 0.29) is 41.8 Å². The van der Waals surface area contributed by atoms with E-state index < -0.39 is 23.2 Å². The molecule has 1 saturated heterocycles. The molecule has 14 heteroatoms. The second-order valence-electron chi connectivity index (χ2n) is 10.9. The summed E-state index contributed by atoms with van der Waals surface area (Å²) < 4.78 is 34.0. The molecule has 2 aromatic heterocycles. The van der Waals surface area contributed by atoms with Crippen molar-refractivity contribution in [3.8, 4) is 11.6 Å². The molecule has 0 radical (unpaired) electrons. The molecule has 12 nitrogen and oxygen atoms in total. The molecule has 0 saturated carbocycles. The zero-order valence-corrected chi connectivity index (χ0v) is 23.0. The quantitative estimate of drug-likeness (QED) is 0.438. The highest BCUT2D eigenvalue weighted by Gasteiger charge is 2.42. The molecular weight excluding hydrogens is 538 g/mol. The zero-order valence-electron chi connectivity index (χ0n) is 23.0. The predicted molar refractivity (Wildman–Crippen MR) is 142 cm³/mol. The van der Waals surface area contributed by atoms with Crippen LogP contribution in [0.2, 0.25) is 0 Å². The summed E-state index contributed by atoms with van der Waals surface area (Å²) in [5, 5.41) is 20.4. The lowest BCUT2D eigenvalue weighted by Gasteiger charge is -2.49. The van der Waals surface area contributed by atoms with Crippen LogP contribution >= 0.6 is 0 Å². The largest absolute Gasteiger partial charge is 0.434 e. The van der Waals surface area contributed by atoms with Gasteiger partial charge < -0.3 is 20.1 Å². The summed E-state index contributed by atoms with van der Waals surface area (Å²) in [6.45, 7) is 7.61. The first kappa shape index (κ1) is 28.5. The summed E-state index contributed by atoms with van der Waals surface area (Å²) in [6.07, 6.45) is 3.66. The molecule has 2 aliphatic rings. The van der Waals surface area contributed by atoms with Gasteiger partial charge >= 0.3 is 0 Å². The summed E-state index contributed by atoms with van der Waals surface area (Å²) in [5.41, 5.74) is 0.804. The van der Waals surface area contributed by atoms with Crippen molar-refractivity contribution < 1.29 is 28.2 Å². The minimum atomic E-state index is -0.873. The van der Waals surface area contributed by atoms with Gasteiger partial charge in [0.05, 0.1) is 36.3 Å². The van der Waals surface area contributed by atoms with Gasteiger partial charge in [0.1, 0.15) is 11.5 Å². The number of ether oxygens (including phenoxy) is 1. The number of nitrogens with zero attached hydrogens (tertiary/aromatic N) is 7. The van der Waals surface area contributed by atoms with Crippen LogP contribution in [0, 0.1) is 17.6 Å². The topological polar surface area (TPSA) is 139 Å². The van der Waals surface area contributed by atoms with Gasteiger partial charge in [-0.15, -0.1) is 5.10 Å². The van der Waals surface area contributed by atoms with Crippen molar-refractivity contribution in [2.45, 2.75) is 58.3 Å². The van der Waals surface area contributed by atoms with Crippen LogP contribution < -0.4 is 10.1 Å². The molecule has 2 N–H and O–H groups in total. The van der Waals surface area contributed by atoms with E-state index in [1.54, 1.807) is 11.6 Å². The maximum atomic E-state index is 13.8. The molecule has 1 unspecified atom stereocenters. The van der Waals surface area contributed by atoms with E-state index in [4.69, 9.17) is 4.74 Å². The van der Waals surface area contributed by atoms with Gasteiger partial charge in [-0.05, 0) is 39.3 Å². The summed E-state index contributed by atoms with van der Waals surface area (Å²) in [6, 6.07) is 2.40. The van der Waals surface area contributed by atoms with Gasteiger partial charge in [0, 0.05) is 44.6 Å². The summed E-state index contributed by atoms with van der Waals surface area (Å²) in [5.74, 6) is -2.08. The Hall–Kier alpha value is -4.04. The number of nitrogens with one attached hydrogen (secondary N) is 1. The van der Waals surface area contributed by atoms with Gasteiger partial charge in [-0.3, -0.25) is 14.5 Å². The number of fused-ring (bicyclic) bond motifs is 1. The normalized spacial score (nSPS) is 19.4. The van der Waals surface area contributed by atoms with Crippen molar-refractivity contribution in [3.63, 3.8) is 0 Å².